The summed E-state index contributed by atoms with van der Waals surface area (Å²) < 4.78 is 0. The topological polar surface area (TPSA) is 36.1 Å². The maximum Gasteiger partial charge on any atom is 0.00932 e. The van der Waals surface area contributed by atoms with E-state index in [1.54, 1.807) is 22.3 Å². The molecule has 3 nitrogen and oxygen atoms in total. The lowest BCUT2D eigenvalue weighted by molar-refractivity contribution is 0.183. The van der Waals surface area contributed by atoms with Crippen molar-refractivity contribution in [2.45, 2.75) is 163 Å². The second kappa shape index (κ2) is 21.7. The fourth-order valence-electron chi connectivity index (χ4n) is 9.58. The molecule has 54 heavy (non-hydrogen) atoms. The molecule has 6 atom stereocenters. The Labute approximate surface area is 333 Å². The van der Waals surface area contributed by atoms with Crippen LogP contribution in [0.2, 0.25) is 0 Å². The summed E-state index contributed by atoms with van der Waals surface area (Å²) in [5.74, 6) is 7.05. The molecule has 3 heteroatoms. The second-order valence-corrected chi connectivity index (χ2v) is 18.9. The first kappa shape index (κ1) is 44.3. The lowest BCUT2D eigenvalue weighted by Crippen LogP contribution is -2.46. The van der Waals surface area contributed by atoms with Crippen molar-refractivity contribution >= 4 is 0 Å². The Kier molecular flexibility index (Phi) is 17.8. The molecular weight excluding hydrogens is 655 g/mol. The Balaban J connectivity index is 0.000000180. The van der Waals surface area contributed by atoms with E-state index in [2.05, 4.69) is 172 Å². The average molecular weight is 736 g/mol. The van der Waals surface area contributed by atoms with E-state index in [0.717, 1.165) is 49.2 Å². The third kappa shape index (κ3) is 12.3. The normalized spacial score (nSPS) is 24.8. The summed E-state index contributed by atoms with van der Waals surface area (Å²) in [5, 5.41) is 11.1. The zero-order valence-electron chi connectivity index (χ0n) is 36.7. The number of piperidine rings is 3. The molecule has 3 fully saturated rings. The molecule has 3 saturated heterocycles. The summed E-state index contributed by atoms with van der Waals surface area (Å²) in [5.41, 5.74) is 9.39. The maximum atomic E-state index is 3.75. The van der Waals surface area contributed by atoms with Gasteiger partial charge in [0.1, 0.15) is 0 Å². The Morgan fingerprint density at radius 3 is 1.59 bits per heavy atom. The quantitative estimate of drug-likeness (QED) is 0.205. The molecule has 3 aliphatic rings. The SMILES string of the molecule is CC(C)C1CC(C(C)C)C(c2ccccc2)CN1.CC(C)c1cccc(C(C)C)c1C1CCCNC1.CC(C)c1ccccc1C1CCC(C(C)C)NC1. The van der Waals surface area contributed by atoms with Crippen LogP contribution in [0.1, 0.15) is 184 Å². The molecule has 6 unspecified atom stereocenters. The summed E-state index contributed by atoms with van der Waals surface area (Å²) >= 11 is 0. The van der Waals surface area contributed by atoms with Gasteiger partial charge < -0.3 is 16.0 Å². The van der Waals surface area contributed by atoms with Crippen molar-refractivity contribution < 1.29 is 0 Å². The smallest absolute Gasteiger partial charge is 0.00932 e. The van der Waals surface area contributed by atoms with Crippen LogP contribution in [0, 0.1) is 23.7 Å². The van der Waals surface area contributed by atoms with Gasteiger partial charge in [0.15, 0.2) is 0 Å². The van der Waals surface area contributed by atoms with Gasteiger partial charge in [-0.25, -0.2) is 0 Å². The van der Waals surface area contributed by atoms with Crippen molar-refractivity contribution in [3.63, 3.8) is 0 Å². The first-order valence-electron chi connectivity index (χ1n) is 22.2. The van der Waals surface area contributed by atoms with Crippen LogP contribution in [0.5, 0.6) is 0 Å². The lowest BCUT2D eigenvalue weighted by atomic mass is 9.72. The highest BCUT2D eigenvalue weighted by Gasteiger charge is 2.34. The van der Waals surface area contributed by atoms with Crippen molar-refractivity contribution in [2.24, 2.45) is 23.7 Å². The van der Waals surface area contributed by atoms with E-state index in [1.807, 2.05) is 0 Å². The van der Waals surface area contributed by atoms with Crippen LogP contribution in [-0.4, -0.2) is 38.3 Å². The molecule has 3 N–H and O–H groups in total. The van der Waals surface area contributed by atoms with Gasteiger partial charge in [0.25, 0.3) is 0 Å². The monoisotopic (exact) mass is 736 g/mol. The average Bonchev–Trinajstić information content (AvgIpc) is 3.18. The molecular formula is C51H81N3. The van der Waals surface area contributed by atoms with Gasteiger partial charge in [0.2, 0.25) is 0 Å². The largest absolute Gasteiger partial charge is 0.316 e. The molecule has 0 bridgehead atoms. The third-order valence-corrected chi connectivity index (χ3v) is 13.0. The van der Waals surface area contributed by atoms with E-state index >= 15 is 0 Å². The van der Waals surface area contributed by atoms with E-state index in [4.69, 9.17) is 0 Å². The number of benzene rings is 3. The minimum atomic E-state index is 0.626. The minimum Gasteiger partial charge on any atom is -0.316 e. The fraction of sp³-hybridized carbons (Fsp3) is 0.647. The van der Waals surface area contributed by atoms with Crippen molar-refractivity contribution in [1.82, 2.24) is 16.0 Å². The molecule has 0 aliphatic carbocycles. The lowest BCUT2D eigenvalue weighted by Gasteiger charge is -2.41. The first-order valence-corrected chi connectivity index (χ1v) is 22.2. The van der Waals surface area contributed by atoms with Crippen molar-refractivity contribution in [3.05, 3.63) is 106 Å². The van der Waals surface area contributed by atoms with Crippen molar-refractivity contribution in [1.29, 1.82) is 0 Å². The standard InChI is InChI=1S/3C17H27N/c1-12(2)15-8-5-9-16(13(3)4)17(15)14-7-6-10-18-11-14;1-12(2)15-7-5-6-8-16(15)14-9-10-17(13(3)4)18-11-14;1-12(2)15-10-17(13(3)4)18-11-16(15)14-8-6-5-7-9-14/h5,8-9,12-14,18H,6-7,10-11H2,1-4H3;5-8,12-14,17-18H,9-11H2,1-4H3;5-9,12-13,15-18H,10-11H2,1-4H3. The molecule has 3 aliphatic heterocycles. The van der Waals surface area contributed by atoms with Crippen LogP contribution >= 0.6 is 0 Å². The first-order chi connectivity index (χ1) is 25.8. The van der Waals surface area contributed by atoms with Crippen molar-refractivity contribution in [3.8, 4) is 0 Å². The van der Waals surface area contributed by atoms with E-state index in [1.165, 1.54) is 49.8 Å². The van der Waals surface area contributed by atoms with Crippen LogP contribution in [0.4, 0.5) is 0 Å². The molecule has 0 spiro atoms. The van der Waals surface area contributed by atoms with E-state index in [0.29, 0.717) is 41.7 Å². The van der Waals surface area contributed by atoms with Crippen LogP contribution in [0.25, 0.3) is 0 Å². The van der Waals surface area contributed by atoms with Gasteiger partial charge in [-0.05, 0) is 131 Å². The molecule has 0 amide bonds. The van der Waals surface area contributed by atoms with Gasteiger partial charge in [0, 0.05) is 31.7 Å². The molecule has 0 radical (unpaired) electrons. The Bertz CT molecular complexity index is 1450. The predicted octanol–water partition coefficient (Wildman–Crippen LogP) is 12.8. The van der Waals surface area contributed by atoms with E-state index in [-0.39, 0.29) is 0 Å². The van der Waals surface area contributed by atoms with Crippen LogP contribution < -0.4 is 16.0 Å². The number of hydrogen-bond acceptors (Lipinski definition) is 3. The van der Waals surface area contributed by atoms with Crippen LogP contribution in [0.15, 0.2) is 72.8 Å². The summed E-state index contributed by atoms with van der Waals surface area (Å²) in [4.78, 5) is 0. The number of rotatable bonds is 9. The summed E-state index contributed by atoms with van der Waals surface area (Å²) in [7, 11) is 0. The molecule has 3 aromatic rings. The highest BCUT2D eigenvalue weighted by atomic mass is 14.9. The maximum absolute atomic E-state index is 3.75. The molecule has 0 aromatic heterocycles. The van der Waals surface area contributed by atoms with Gasteiger partial charge in [-0.15, -0.1) is 0 Å². The summed E-state index contributed by atoms with van der Waals surface area (Å²) in [6, 6.07) is 28.3. The Morgan fingerprint density at radius 1 is 0.500 bits per heavy atom. The van der Waals surface area contributed by atoms with E-state index < -0.39 is 0 Å². The summed E-state index contributed by atoms with van der Waals surface area (Å²) in [6.45, 7) is 32.6. The molecule has 300 valence electrons. The number of hydrogen-bond donors (Lipinski definition) is 3. The van der Waals surface area contributed by atoms with Crippen LogP contribution in [0.3, 0.4) is 0 Å². The van der Waals surface area contributed by atoms with Crippen molar-refractivity contribution in [2.75, 3.05) is 26.2 Å². The Morgan fingerprint density at radius 2 is 1.07 bits per heavy atom. The van der Waals surface area contributed by atoms with Crippen LogP contribution in [-0.2, 0) is 0 Å². The highest BCUT2D eigenvalue weighted by molar-refractivity contribution is 5.42. The van der Waals surface area contributed by atoms with Gasteiger partial charge in [-0.3, -0.25) is 0 Å². The summed E-state index contributed by atoms with van der Waals surface area (Å²) in [6.07, 6.45) is 6.62. The zero-order valence-corrected chi connectivity index (χ0v) is 36.7. The Hall–Kier alpha value is -2.46. The fourth-order valence-corrected chi connectivity index (χ4v) is 9.58. The minimum absolute atomic E-state index is 0.626. The molecule has 3 heterocycles. The predicted molar refractivity (Wildman–Crippen MR) is 237 cm³/mol. The highest BCUT2D eigenvalue weighted by Crippen LogP contribution is 2.38. The van der Waals surface area contributed by atoms with Gasteiger partial charge in [-0.1, -0.05) is 156 Å². The van der Waals surface area contributed by atoms with Gasteiger partial charge in [-0.2, -0.15) is 0 Å². The van der Waals surface area contributed by atoms with Gasteiger partial charge in [0.05, 0.1) is 0 Å². The number of nitrogens with one attached hydrogen (secondary N) is 3. The third-order valence-electron chi connectivity index (χ3n) is 13.0. The molecule has 3 aromatic carbocycles. The molecule has 0 saturated carbocycles. The van der Waals surface area contributed by atoms with Gasteiger partial charge >= 0.3 is 0 Å². The van der Waals surface area contributed by atoms with E-state index in [9.17, 15) is 0 Å². The second-order valence-electron chi connectivity index (χ2n) is 18.9. The molecule has 6 rings (SSSR count). The zero-order chi connectivity index (χ0) is 39.4.